The van der Waals surface area contributed by atoms with Gasteiger partial charge in [0.15, 0.2) is 0 Å². The lowest BCUT2D eigenvalue weighted by Gasteiger charge is -2.23. The van der Waals surface area contributed by atoms with Gasteiger partial charge < -0.3 is 0 Å². The van der Waals surface area contributed by atoms with E-state index in [9.17, 15) is 0 Å². The highest BCUT2D eigenvalue weighted by atomic mass is 15.2. The topological polar surface area (TPSA) is 27.0 Å². The van der Waals surface area contributed by atoms with Crippen LogP contribution >= 0.6 is 0 Å². The quantitative estimate of drug-likeness (QED) is 0.622. The van der Waals surface area contributed by atoms with Crippen molar-refractivity contribution < 1.29 is 0 Å². The molecule has 2 rings (SSSR count). The van der Waals surface area contributed by atoms with Gasteiger partial charge in [0.1, 0.15) is 0 Å². The van der Waals surface area contributed by atoms with Crippen molar-refractivity contribution in [3.63, 3.8) is 0 Å². The summed E-state index contributed by atoms with van der Waals surface area (Å²) in [4.78, 5) is 2.48. The average Bonchev–Trinajstić information content (AvgIpc) is 2.74. The Morgan fingerprint density at radius 2 is 2.33 bits per heavy atom. The molecular formula is C10H16N2. The van der Waals surface area contributed by atoms with Crippen molar-refractivity contribution in [1.82, 2.24) is 4.90 Å². The van der Waals surface area contributed by atoms with Crippen LogP contribution < -0.4 is 0 Å². The highest BCUT2D eigenvalue weighted by molar-refractivity contribution is 5.11. The number of nitriles is 1. The van der Waals surface area contributed by atoms with Gasteiger partial charge in [-0.3, -0.25) is 4.90 Å². The molecule has 12 heavy (non-hydrogen) atoms. The van der Waals surface area contributed by atoms with Gasteiger partial charge in [-0.05, 0) is 39.2 Å². The molecule has 0 radical (unpaired) electrons. The minimum Gasteiger partial charge on any atom is -0.299 e. The molecule has 2 aliphatic rings. The Morgan fingerprint density at radius 1 is 1.58 bits per heavy atom. The zero-order valence-electron chi connectivity index (χ0n) is 7.71. The highest BCUT2D eigenvalue weighted by Crippen LogP contribution is 2.46. The minimum absolute atomic E-state index is 0.0681. The summed E-state index contributed by atoms with van der Waals surface area (Å²) in [5.74, 6) is 0. The van der Waals surface area contributed by atoms with Crippen LogP contribution in [0.2, 0.25) is 0 Å². The van der Waals surface area contributed by atoms with E-state index in [1.165, 1.54) is 19.4 Å². The lowest BCUT2D eigenvalue weighted by atomic mass is 10.1. The molecule has 2 heteroatoms. The van der Waals surface area contributed by atoms with Gasteiger partial charge in [-0.15, -0.1) is 0 Å². The Kier molecular flexibility index (Phi) is 1.84. The zero-order valence-corrected chi connectivity index (χ0v) is 7.71. The summed E-state index contributed by atoms with van der Waals surface area (Å²) >= 11 is 0. The third-order valence-electron chi connectivity index (χ3n) is 3.29. The Labute approximate surface area is 74.2 Å². The summed E-state index contributed by atoms with van der Waals surface area (Å²) in [5, 5.41) is 8.93. The number of nitrogens with zero attached hydrogens (tertiary/aromatic N) is 2. The largest absolute Gasteiger partial charge is 0.299 e. The predicted octanol–water partition coefficient (Wildman–Crippen LogP) is 1.77. The number of hydrogen-bond donors (Lipinski definition) is 0. The SMILES string of the molecule is CC1CCCN1CC1(C#N)CC1. The van der Waals surface area contributed by atoms with Crippen molar-refractivity contribution >= 4 is 0 Å². The molecular weight excluding hydrogens is 148 g/mol. The maximum absolute atomic E-state index is 8.93. The molecule has 0 bridgehead atoms. The second-order valence-corrected chi connectivity index (χ2v) is 4.35. The second kappa shape index (κ2) is 2.74. The molecule has 0 aromatic heterocycles. The molecule has 2 fully saturated rings. The predicted molar refractivity (Wildman–Crippen MR) is 47.5 cm³/mol. The third kappa shape index (κ3) is 1.34. The number of hydrogen-bond acceptors (Lipinski definition) is 2. The molecule has 1 saturated carbocycles. The molecule has 2 nitrogen and oxygen atoms in total. The number of rotatable bonds is 2. The molecule has 1 aliphatic carbocycles. The van der Waals surface area contributed by atoms with E-state index in [0.29, 0.717) is 0 Å². The van der Waals surface area contributed by atoms with E-state index in [0.717, 1.165) is 25.4 Å². The normalized spacial score (nSPS) is 33.2. The summed E-state index contributed by atoms with van der Waals surface area (Å²) < 4.78 is 0. The first-order valence-corrected chi connectivity index (χ1v) is 4.91. The van der Waals surface area contributed by atoms with E-state index in [1.807, 2.05) is 0 Å². The lowest BCUT2D eigenvalue weighted by molar-refractivity contribution is 0.237. The van der Waals surface area contributed by atoms with Crippen molar-refractivity contribution in [3.05, 3.63) is 0 Å². The first-order valence-electron chi connectivity index (χ1n) is 4.91. The van der Waals surface area contributed by atoms with Gasteiger partial charge in [-0.1, -0.05) is 0 Å². The lowest BCUT2D eigenvalue weighted by Crippen LogP contribution is -2.32. The molecule has 0 spiro atoms. The molecule has 0 N–H and O–H groups in total. The molecule has 66 valence electrons. The van der Waals surface area contributed by atoms with Gasteiger partial charge in [-0.2, -0.15) is 5.26 Å². The maximum Gasteiger partial charge on any atom is 0.0703 e. The van der Waals surface area contributed by atoms with Gasteiger partial charge in [-0.25, -0.2) is 0 Å². The zero-order chi connectivity index (χ0) is 8.60. The van der Waals surface area contributed by atoms with Crippen molar-refractivity contribution in [2.75, 3.05) is 13.1 Å². The first-order chi connectivity index (χ1) is 5.76. The van der Waals surface area contributed by atoms with E-state index in [2.05, 4.69) is 17.9 Å². The third-order valence-corrected chi connectivity index (χ3v) is 3.29. The Hall–Kier alpha value is -0.550. The van der Waals surface area contributed by atoms with E-state index in [-0.39, 0.29) is 5.41 Å². The Bertz CT molecular complexity index is 212. The summed E-state index contributed by atoms with van der Waals surface area (Å²) in [6.07, 6.45) is 4.91. The smallest absolute Gasteiger partial charge is 0.0703 e. The van der Waals surface area contributed by atoms with Crippen LogP contribution in [0.25, 0.3) is 0 Å². The first kappa shape index (κ1) is 8.07. The van der Waals surface area contributed by atoms with Crippen LogP contribution in [0.5, 0.6) is 0 Å². The van der Waals surface area contributed by atoms with Crippen LogP contribution in [0.4, 0.5) is 0 Å². The fraction of sp³-hybridized carbons (Fsp3) is 0.900. The number of likely N-dealkylation sites (tertiary alicyclic amines) is 1. The second-order valence-electron chi connectivity index (χ2n) is 4.35. The average molecular weight is 164 g/mol. The van der Waals surface area contributed by atoms with Gasteiger partial charge in [0.2, 0.25) is 0 Å². The summed E-state index contributed by atoms with van der Waals surface area (Å²) in [5.41, 5.74) is 0.0681. The van der Waals surface area contributed by atoms with Crippen LogP contribution in [-0.4, -0.2) is 24.0 Å². The van der Waals surface area contributed by atoms with Gasteiger partial charge in [0.05, 0.1) is 11.5 Å². The molecule has 1 saturated heterocycles. The van der Waals surface area contributed by atoms with Crippen molar-refractivity contribution in [2.45, 2.75) is 38.6 Å². The summed E-state index contributed by atoms with van der Waals surface area (Å²) in [7, 11) is 0. The minimum atomic E-state index is 0.0681. The standard InChI is InChI=1S/C10H16N2/c1-9-3-2-6-12(9)8-10(7-11)4-5-10/h9H,2-6,8H2,1H3. The van der Waals surface area contributed by atoms with Crippen LogP contribution in [0, 0.1) is 16.7 Å². The van der Waals surface area contributed by atoms with Crippen LogP contribution in [0.1, 0.15) is 32.6 Å². The van der Waals surface area contributed by atoms with Gasteiger partial charge >= 0.3 is 0 Å². The molecule has 1 unspecified atom stereocenters. The maximum atomic E-state index is 8.93. The van der Waals surface area contributed by atoms with E-state index in [4.69, 9.17) is 5.26 Å². The Balaban J connectivity index is 1.91. The summed E-state index contributed by atoms with van der Waals surface area (Å²) in [6.45, 7) is 4.52. The fourth-order valence-electron chi connectivity index (χ4n) is 2.07. The molecule has 1 heterocycles. The van der Waals surface area contributed by atoms with Crippen molar-refractivity contribution in [1.29, 1.82) is 5.26 Å². The molecule has 0 aromatic rings. The van der Waals surface area contributed by atoms with E-state index >= 15 is 0 Å². The van der Waals surface area contributed by atoms with Crippen LogP contribution in [-0.2, 0) is 0 Å². The monoisotopic (exact) mass is 164 g/mol. The van der Waals surface area contributed by atoms with E-state index in [1.54, 1.807) is 0 Å². The highest BCUT2D eigenvalue weighted by Gasteiger charge is 2.45. The van der Waals surface area contributed by atoms with Gasteiger partial charge in [0, 0.05) is 12.6 Å². The molecule has 1 aliphatic heterocycles. The molecule has 0 amide bonds. The van der Waals surface area contributed by atoms with Crippen molar-refractivity contribution in [3.8, 4) is 6.07 Å². The molecule has 0 aromatic carbocycles. The van der Waals surface area contributed by atoms with E-state index < -0.39 is 0 Å². The van der Waals surface area contributed by atoms with Gasteiger partial charge in [0.25, 0.3) is 0 Å². The van der Waals surface area contributed by atoms with Crippen LogP contribution in [0.3, 0.4) is 0 Å². The Morgan fingerprint density at radius 3 is 2.75 bits per heavy atom. The molecule has 1 atom stereocenters. The summed E-state index contributed by atoms with van der Waals surface area (Å²) in [6, 6.07) is 3.18. The van der Waals surface area contributed by atoms with Crippen molar-refractivity contribution in [2.24, 2.45) is 5.41 Å². The van der Waals surface area contributed by atoms with Crippen LogP contribution in [0.15, 0.2) is 0 Å². The fourth-order valence-corrected chi connectivity index (χ4v) is 2.07.